The number of amides is 1. The van der Waals surface area contributed by atoms with E-state index in [0.717, 1.165) is 12.1 Å². The monoisotopic (exact) mass is 449 g/mol. The summed E-state index contributed by atoms with van der Waals surface area (Å²) in [5, 5.41) is 8.16. The topological polar surface area (TPSA) is 73.1 Å². The number of pyridine rings is 1. The summed E-state index contributed by atoms with van der Waals surface area (Å²) in [6.45, 7) is 2.00. The molecule has 1 aliphatic heterocycles. The molecule has 0 aliphatic carbocycles. The molecule has 2 atom stereocenters. The first-order chi connectivity index (χ1) is 15.2. The van der Waals surface area contributed by atoms with Crippen LogP contribution in [0, 0.1) is 5.82 Å². The molecule has 1 aromatic carbocycles. The molecular formula is C21H19F4N5O2. The molecule has 4 rings (SSSR count). The highest BCUT2D eigenvalue weighted by molar-refractivity contribution is 5.55. The lowest BCUT2D eigenvalue weighted by Crippen LogP contribution is -2.58. The van der Waals surface area contributed by atoms with Crippen LogP contribution in [0.3, 0.4) is 0 Å². The van der Waals surface area contributed by atoms with Crippen LogP contribution in [0.25, 0.3) is 5.69 Å². The van der Waals surface area contributed by atoms with Crippen molar-refractivity contribution in [3.63, 3.8) is 0 Å². The lowest BCUT2D eigenvalue weighted by molar-refractivity contribution is -0.138. The van der Waals surface area contributed by atoms with Gasteiger partial charge in [0.25, 0.3) is 0 Å². The maximum absolute atomic E-state index is 15.3. The third-order valence-electron chi connectivity index (χ3n) is 5.67. The predicted octanol–water partition coefficient (Wildman–Crippen LogP) is 3.74. The van der Waals surface area contributed by atoms with Gasteiger partial charge in [-0.2, -0.15) is 28.2 Å². The summed E-state index contributed by atoms with van der Waals surface area (Å²) in [7, 11) is 0. The van der Waals surface area contributed by atoms with Crippen LogP contribution in [-0.2, 0) is 16.5 Å². The van der Waals surface area contributed by atoms with Crippen molar-refractivity contribution in [2.45, 2.75) is 37.6 Å². The van der Waals surface area contributed by atoms with Crippen LogP contribution in [0.2, 0.25) is 0 Å². The Morgan fingerprint density at radius 1 is 1.19 bits per heavy atom. The van der Waals surface area contributed by atoms with Gasteiger partial charge in [0.1, 0.15) is 17.5 Å². The number of alkyl halides is 3. The van der Waals surface area contributed by atoms with Crippen LogP contribution >= 0.6 is 0 Å². The smallest absolute Gasteiger partial charge is 0.417 e. The molecular weight excluding hydrogens is 430 g/mol. The maximum atomic E-state index is 15.3. The first-order valence-corrected chi connectivity index (χ1v) is 9.82. The highest BCUT2D eigenvalue weighted by Crippen LogP contribution is 2.42. The average molecular weight is 449 g/mol. The van der Waals surface area contributed by atoms with Gasteiger partial charge in [-0.3, -0.25) is 4.79 Å². The largest absolute Gasteiger partial charge is 0.471 e. The number of hydrogen-bond acceptors (Lipinski definition) is 5. The van der Waals surface area contributed by atoms with Crippen molar-refractivity contribution in [1.29, 1.82) is 0 Å². The Kier molecular flexibility index (Phi) is 5.57. The normalized spacial score (nSPS) is 21.4. The molecule has 2 aromatic heterocycles. The molecule has 0 radical (unpaired) electrons. The Hall–Kier alpha value is -3.50. The fraction of sp³-hybridized carbons (Fsp3) is 0.333. The van der Waals surface area contributed by atoms with Crippen molar-refractivity contribution in [3.05, 3.63) is 65.9 Å². The molecule has 3 aromatic rings. The molecule has 168 valence electrons. The number of piperidine rings is 1. The summed E-state index contributed by atoms with van der Waals surface area (Å²) >= 11 is 0. The van der Waals surface area contributed by atoms with E-state index >= 15 is 4.39 Å². The SMILES string of the molecule is C[C@]1(c2c(F)cccc2-n2nccn2)[C@H](Oc2ccc(C(F)(F)F)cn2)CCCN1C=O. The van der Waals surface area contributed by atoms with E-state index in [2.05, 4.69) is 15.2 Å². The van der Waals surface area contributed by atoms with E-state index < -0.39 is 29.2 Å². The number of hydrogen-bond donors (Lipinski definition) is 0. The number of rotatable bonds is 5. The molecule has 7 nitrogen and oxygen atoms in total. The minimum Gasteiger partial charge on any atom is -0.471 e. The standard InChI is InChI=1S/C21H19F4N5O2/c1-20(19-15(22)4-2-5-16(19)30-27-9-10-28-30)17(6-3-11-29(20)13-31)32-18-8-7-14(12-26-18)21(23,24)25/h2,4-5,7-10,12-13,17H,3,6,11H2,1H3/t17-,20-/m1/s1. The minimum absolute atomic E-state index is 0.0583. The van der Waals surface area contributed by atoms with Crippen LogP contribution in [0.1, 0.15) is 30.9 Å². The van der Waals surface area contributed by atoms with Crippen LogP contribution < -0.4 is 4.74 Å². The van der Waals surface area contributed by atoms with Gasteiger partial charge in [0.2, 0.25) is 12.3 Å². The second kappa shape index (κ2) is 8.21. The summed E-state index contributed by atoms with van der Waals surface area (Å²) in [5.74, 6) is -0.651. The van der Waals surface area contributed by atoms with Gasteiger partial charge in [0, 0.05) is 24.4 Å². The van der Waals surface area contributed by atoms with Crippen molar-refractivity contribution >= 4 is 6.41 Å². The Balaban J connectivity index is 1.78. The molecule has 1 saturated heterocycles. The van der Waals surface area contributed by atoms with Crippen LogP contribution in [-0.4, -0.2) is 43.9 Å². The van der Waals surface area contributed by atoms with Crippen molar-refractivity contribution in [1.82, 2.24) is 24.9 Å². The van der Waals surface area contributed by atoms with Crippen molar-refractivity contribution in [3.8, 4) is 11.6 Å². The zero-order valence-electron chi connectivity index (χ0n) is 17.0. The second-order valence-electron chi connectivity index (χ2n) is 7.53. The number of carbonyl (C=O) groups is 1. The molecule has 1 amide bonds. The highest BCUT2D eigenvalue weighted by Gasteiger charge is 2.48. The van der Waals surface area contributed by atoms with E-state index in [1.807, 2.05) is 0 Å². The van der Waals surface area contributed by atoms with Gasteiger partial charge < -0.3 is 9.64 Å². The molecule has 0 spiro atoms. The summed E-state index contributed by atoms with van der Waals surface area (Å²) in [6.07, 6.45) is -0.176. The summed E-state index contributed by atoms with van der Waals surface area (Å²) in [5.41, 5.74) is -1.76. The summed E-state index contributed by atoms with van der Waals surface area (Å²) in [6, 6.07) is 6.36. The van der Waals surface area contributed by atoms with E-state index in [1.54, 1.807) is 13.0 Å². The number of carbonyl (C=O) groups excluding carboxylic acids is 1. The number of benzene rings is 1. The van der Waals surface area contributed by atoms with E-state index in [0.29, 0.717) is 37.7 Å². The van der Waals surface area contributed by atoms with E-state index in [4.69, 9.17) is 4.74 Å². The molecule has 3 heterocycles. The van der Waals surface area contributed by atoms with Crippen LogP contribution in [0.5, 0.6) is 5.88 Å². The van der Waals surface area contributed by atoms with Gasteiger partial charge in [-0.15, -0.1) is 0 Å². The highest BCUT2D eigenvalue weighted by atomic mass is 19.4. The molecule has 0 unspecified atom stereocenters. The van der Waals surface area contributed by atoms with Crippen molar-refractivity contribution in [2.24, 2.45) is 0 Å². The lowest BCUT2D eigenvalue weighted by atomic mass is 9.78. The first kappa shape index (κ1) is 21.7. The number of ether oxygens (including phenoxy) is 1. The zero-order chi connectivity index (χ0) is 22.9. The Morgan fingerprint density at radius 2 is 1.94 bits per heavy atom. The fourth-order valence-electron chi connectivity index (χ4n) is 4.07. The second-order valence-corrected chi connectivity index (χ2v) is 7.53. The average Bonchev–Trinajstić information content (AvgIpc) is 3.29. The Bertz CT molecular complexity index is 1090. The quantitative estimate of drug-likeness (QED) is 0.438. The van der Waals surface area contributed by atoms with Crippen LogP contribution in [0.4, 0.5) is 17.6 Å². The van der Waals surface area contributed by atoms with Gasteiger partial charge in [0.05, 0.1) is 23.6 Å². The molecule has 32 heavy (non-hydrogen) atoms. The maximum Gasteiger partial charge on any atom is 0.417 e. The molecule has 1 fully saturated rings. The van der Waals surface area contributed by atoms with E-state index in [9.17, 15) is 18.0 Å². The zero-order valence-corrected chi connectivity index (χ0v) is 17.0. The lowest BCUT2D eigenvalue weighted by Gasteiger charge is -2.48. The van der Waals surface area contributed by atoms with Gasteiger partial charge in [-0.25, -0.2) is 9.37 Å². The van der Waals surface area contributed by atoms with Crippen molar-refractivity contribution in [2.75, 3.05) is 6.54 Å². The molecule has 0 N–H and O–H groups in total. The molecule has 0 saturated carbocycles. The number of halogens is 4. The molecule has 0 bridgehead atoms. The Labute approximate surface area is 180 Å². The van der Waals surface area contributed by atoms with Gasteiger partial charge in [-0.05, 0) is 38.0 Å². The summed E-state index contributed by atoms with van der Waals surface area (Å²) < 4.78 is 59.8. The Morgan fingerprint density at radius 3 is 2.56 bits per heavy atom. The molecule has 11 heteroatoms. The molecule has 1 aliphatic rings. The fourth-order valence-corrected chi connectivity index (χ4v) is 4.07. The number of nitrogens with zero attached hydrogens (tertiary/aromatic N) is 5. The van der Waals surface area contributed by atoms with Crippen LogP contribution in [0.15, 0.2) is 48.9 Å². The third-order valence-corrected chi connectivity index (χ3v) is 5.67. The summed E-state index contributed by atoms with van der Waals surface area (Å²) in [4.78, 5) is 18.4. The van der Waals surface area contributed by atoms with Crippen molar-refractivity contribution < 1.29 is 27.1 Å². The van der Waals surface area contributed by atoms with Gasteiger partial charge in [0.15, 0.2) is 0 Å². The minimum atomic E-state index is -4.53. The van der Waals surface area contributed by atoms with Gasteiger partial charge >= 0.3 is 6.18 Å². The predicted molar refractivity (Wildman–Crippen MR) is 104 cm³/mol. The van der Waals surface area contributed by atoms with E-state index in [1.165, 1.54) is 34.2 Å². The third kappa shape index (κ3) is 3.78. The number of likely N-dealkylation sites (tertiary alicyclic amines) is 1. The first-order valence-electron chi connectivity index (χ1n) is 9.82. The number of aromatic nitrogens is 4. The van der Waals surface area contributed by atoms with E-state index in [-0.39, 0.29) is 11.4 Å². The van der Waals surface area contributed by atoms with Gasteiger partial charge in [-0.1, -0.05) is 6.07 Å².